The maximum absolute atomic E-state index is 6.62. The van der Waals surface area contributed by atoms with Gasteiger partial charge in [-0.2, -0.15) is 0 Å². The van der Waals surface area contributed by atoms with Gasteiger partial charge < -0.3 is 0 Å². The molecule has 0 atom stereocenters. The van der Waals surface area contributed by atoms with Gasteiger partial charge in [0.1, 0.15) is 0 Å². The van der Waals surface area contributed by atoms with Crippen molar-refractivity contribution in [1.82, 2.24) is 0 Å². The summed E-state index contributed by atoms with van der Waals surface area (Å²) in [6.45, 7) is 0. The van der Waals surface area contributed by atoms with Crippen molar-refractivity contribution in [3.8, 4) is 0 Å². The second-order valence-electron chi connectivity index (χ2n) is 1.15. The first-order valence-electron chi connectivity index (χ1n) is 2.14. The Bertz CT molecular complexity index is 80.5. The van der Waals surface area contributed by atoms with Crippen molar-refractivity contribution in [2.75, 3.05) is 0 Å². The summed E-state index contributed by atoms with van der Waals surface area (Å²) in [5.74, 6) is 0. The number of benzene rings is 1. The molecule has 0 saturated carbocycles. The molecular weight excluding hydrogens is 147 g/mol. The van der Waals surface area contributed by atoms with E-state index in [-0.39, 0.29) is 0 Å². The van der Waals surface area contributed by atoms with Gasteiger partial charge in [0.05, 0.1) is 0 Å². The summed E-state index contributed by atoms with van der Waals surface area (Å²) < 4.78 is 6.62. The fraction of sp³-hybridized carbons (Fsp3) is 0. The molecule has 0 aliphatic heterocycles. The summed E-state index contributed by atoms with van der Waals surface area (Å²) in [6.07, 6.45) is 0. The van der Waals surface area contributed by atoms with E-state index < -0.39 is 0 Å². The Labute approximate surface area is 57.0 Å². The fourth-order valence-electron chi connectivity index (χ4n) is 0.385. The molecule has 0 amide bonds. The minimum Gasteiger partial charge on any atom is -0.0623 e. The third-order valence-corrected chi connectivity index (χ3v) is 0.667. The molecule has 0 heterocycles. The smallest absolute Gasteiger partial charge is 0.0623 e. The number of hydrogen-bond acceptors (Lipinski definition) is 1. The van der Waals surface area contributed by atoms with Crippen LogP contribution < -0.4 is 0 Å². The van der Waals surface area contributed by atoms with Crippen LogP contribution in [0.15, 0.2) is 36.4 Å². The van der Waals surface area contributed by atoms with Gasteiger partial charge in [0.15, 0.2) is 0 Å². The molecule has 1 N–H and O–H groups in total. The average Bonchev–Trinajstić information content (AvgIpc) is 1.96. The average molecular weight is 154 g/mol. The maximum atomic E-state index is 6.62. The molecule has 1 nitrogen and oxygen atoms in total. The zero-order valence-electron chi connectivity index (χ0n) is 4.23. The summed E-state index contributed by atoms with van der Waals surface area (Å²) >= 11 is 2.88. The molecule has 0 fully saturated rings. The van der Waals surface area contributed by atoms with Gasteiger partial charge in [0.25, 0.3) is 0 Å². The first kappa shape index (κ1) is 7.67. The van der Waals surface area contributed by atoms with E-state index in [1.54, 1.807) is 0 Å². The second-order valence-corrected chi connectivity index (χ2v) is 1.15. The van der Waals surface area contributed by atoms with Gasteiger partial charge in [0, 0.05) is 0 Å². The van der Waals surface area contributed by atoms with E-state index in [9.17, 15) is 0 Å². The van der Waals surface area contributed by atoms with Crippen molar-refractivity contribution < 1.29 is 20.0 Å². The second kappa shape index (κ2) is 6.67. The van der Waals surface area contributed by atoms with Gasteiger partial charge >= 0.3 is 20.0 Å². The fourth-order valence-corrected chi connectivity index (χ4v) is 0.385. The molecule has 0 unspecified atom stereocenters. The Morgan fingerprint density at radius 2 is 0.750 bits per heavy atom. The Morgan fingerprint density at radius 3 is 0.875 bits per heavy atom. The topological polar surface area (TPSA) is 20.2 Å². The molecule has 1 aromatic carbocycles. The first-order chi connectivity index (χ1) is 4.00. The molecule has 0 aliphatic rings. The quantitative estimate of drug-likeness (QED) is 0.555. The molecule has 1 rings (SSSR count). The monoisotopic (exact) mass is 153 g/mol. The minimum absolute atomic E-state index is 2.00. The SMILES string of the molecule is [OH][Ni].c1ccccc1. The van der Waals surface area contributed by atoms with Gasteiger partial charge in [0.2, 0.25) is 0 Å². The van der Waals surface area contributed by atoms with E-state index in [1.807, 2.05) is 36.4 Å². The Balaban J connectivity index is 0.000000222. The summed E-state index contributed by atoms with van der Waals surface area (Å²) in [6, 6.07) is 12.0. The van der Waals surface area contributed by atoms with Crippen molar-refractivity contribution >= 4 is 0 Å². The number of hydrogen-bond donors (Lipinski definition) is 1. The van der Waals surface area contributed by atoms with Crippen molar-refractivity contribution in [2.24, 2.45) is 0 Å². The molecular formula is C6H7NiO. The van der Waals surface area contributed by atoms with Crippen molar-refractivity contribution in [3.05, 3.63) is 36.4 Å². The van der Waals surface area contributed by atoms with E-state index in [2.05, 4.69) is 15.8 Å². The van der Waals surface area contributed by atoms with Gasteiger partial charge in [-0.25, -0.2) is 0 Å². The summed E-state index contributed by atoms with van der Waals surface area (Å²) in [4.78, 5) is 0. The van der Waals surface area contributed by atoms with Crippen LogP contribution in [0.4, 0.5) is 0 Å². The van der Waals surface area contributed by atoms with Crippen LogP contribution >= 0.6 is 0 Å². The molecule has 0 spiro atoms. The Kier molecular flexibility index (Phi) is 6.40. The molecule has 47 valence electrons. The van der Waals surface area contributed by atoms with Gasteiger partial charge in [-0.05, 0) is 0 Å². The van der Waals surface area contributed by atoms with Crippen molar-refractivity contribution in [1.29, 1.82) is 0 Å². The molecule has 0 bridgehead atoms. The van der Waals surface area contributed by atoms with Crippen LogP contribution in [-0.2, 0) is 15.8 Å². The molecule has 2 heteroatoms. The van der Waals surface area contributed by atoms with E-state index in [0.29, 0.717) is 0 Å². The largest absolute Gasteiger partial charge is 0.0623 e. The molecule has 0 aliphatic carbocycles. The zero-order valence-corrected chi connectivity index (χ0v) is 5.22. The van der Waals surface area contributed by atoms with Crippen LogP contribution in [0.25, 0.3) is 0 Å². The molecule has 0 aromatic heterocycles. The van der Waals surface area contributed by atoms with Crippen molar-refractivity contribution in [3.63, 3.8) is 0 Å². The maximum Gasteiger partial charge on any atom is -0.0623 e. The van der Waals surface area contributed by atoms with Crippen LogP contribution in [0, 0.1) is 0 Å². The first-order valence-corrected chi connectivity index (χ1v) is 2.58. The van der Waals surface area contributed by atoms with Gasteiger partial charge in [-0.15, -0.1) is 0 Å². The van der Waals surface area contributed by atoms with E-state index in [0.717, 1.165) is 0 Å². The Morgan fingerprint density at radius 1 is 0.625 bits per heavy atom. The Hall–Kier alpha value is -0.326. The third kappa shape index (κ3) is 3.85. The zero-order chi connectivity index (χ0) is 6.24. The molecule has 0 radical (unpaired) electrons. The predicted octanol–water partition coefficient (Wildman–Crippen LogP) is 1.13. The van der Waals surface area contributed by atoms with Crippen LogP contribution in [0.1, 0.15) is 0 Å². The summed E-state index contributed by atoms with van der Waals surface area (Å²) in [5.41, 5.74) is 0. The van der Waals surface area contributed by atoms with Gasteiger partial charge in [-0.3, -0.25) is 0 Å². The van der Waals surface area contributed by atoms with Crippen LogP contribution in [-0.4, -0.2) is 4.25 Å². The van der Waals surface area contributed by atoms with Crippen LogP contribution in [0.2, 0.25) is 0 Å². The predicted molar refractivity (Wildman–Crippen MR) is 28.7 cm³/mol. The standard InChI is InChI=1S/C6H6.Ni.H2O/c1-2-4-6-5-3-1;;/h1-6H;;1H2/q;+1;/p-1. The summed E-state index contributed by atoms with van der Waals surface area (Å²) in [7, 11) is 0. The minimum atomic E-state index is 2.00. The molecule has 0 saturated heterocycles. The molecule has 1 aromatic rings. The van der Waals surface area contributed by atoms with Crippen LogP contribution in [0.3, 0.4) is 0 Å². The van der Waals surface area contributed by atoms with E-state index >= 15 is 0 Å². The number of rotatable bonds is 0. The third-order valence-electron chi connectivity index (χ3n) is 0.667. The molecule has 8 heavy (non-hydrogen) atoms. The summed E-state index contributed by atoms with van der Waals surface area (Å²) in [5, 5.41) is 0. The van der Waals surface area contributed by atoms with Crippen molar-refractivity contribution in [2.45, 2.75) is 0 Å². The van der Waals surface area contributed by atoms with E-state index in [1.165, 1.54) is 0 Å². The van der Waals surface area contributed by atoms with Crippen LogP contribution in [0.5, 0.6) is 0 Å². The normalized spacial score (nSPS) is 6.88. The van der Waals surface area contributed by atoms with Gasteiger partial charge in [-0.1, -0.05) is 36.4 Å². The van der Waals surface area contributed by atoms with E-state index in [4.69, 9.17) is 4.25 Å².